The summed E-state index contributed by atoms with van der Waals surface area (Å²) in [4.78, 5) is 13.6. The largest absolute Gasteiger partial charge is 0.397 e. The van der Waals surface area contributed by atoms with Crippen molar-refractivity contribution < 1.29 is 4.79 Å². The van der Waals surface area contributed by atoms with E-state index in [1.807, 2.05) is 14.0 Å². The van der Waals surface area contributed by atoms with Crippen molar-refractivity contribution in [3.05, 3.63) is 10.6 Å². The van der Waals surface area contributed by atoms with Gasteiger partial charge in [0.25, 0.3) is 5.91 Å². The maximum Gasteiger partial charge on any atom is 0.263 e. The zero-order chi connectivity index (χ0) is 14.0. The highest BCUT2D eigenvalue weighted by molar-refractivity contribution is 7.98. The fourth-order valence-electron chi connectivity index (χ4n) is 2.00. The minimum absolute atomic E-state index is 0.0841. The van der Waals surface area contributed by atoms with E-state index in [-0.39, 0.29) is 5.91 Å². The van der Waals surface area contributed by atoms with E-state index >= 15 is 0 Å². The van der Waals surface area contributed by atoms with Gasteiger partial charge in [-0.15, -0.1) is 11.3 Å². The first-order valence-electron chi connectivity index (χ1n) is 6.05. The van der Waals surface area contributed by atoms with Crippen LogP contribution in [0.15, 0.2) is 0 Å². The third-order valence-electron chi connectivity index (χ3n) is 2.90. The van der Waals surface area contributed by atoms with Crippen LogP contribution in [0.2, 0.25) is 0 Å². The predicted molar refractivity (Wildman–Crippen MR) is 83.1 cm³/mol. The number of rotatable bonds is 5. The molecule has 0 aliphatic rings. The zero-order valence-corrected chi connectivity index (χ0v) is 13.0. The van der Waals surface area contributed by atoms with Gasteiger partial charge >= 0.3 is 0 Å². The number of anilines is 1. The lowest BCUT2D eigenvalue weighted by atomic mass is 10.2. The number of carbonyl (C=O) groups is 1. The van der Waals surface area contributed by atoms with Gasteiger partial charge in [0.05, 0.1) is 16.8 Å². The third kappa shape index (κ3) is 2.71. The van der Waals surface area contributed by atoms with Gasteiger partial charge in [0.1, 0.15) is 9.71 Å². The summed E-state index contributed by atoms with van der Waals surface area (Å²) in [6.07, 6.45) is 3.03. The van der Waals surface area contributed by atoms with Crippen LogP contribution in [0.25, 0.3) is 10.2 Å². The standard InChI is InChI=1S/C12H18N4OS2/c1-7-8-9(13)10(19-12(8)16(2)15-7)11(17)14-5-4-6-18-3/h4-6,13H2,1-3H3,(H,14,17). The number of hydrogen-bond acceptors (Lipinski definition) is 5. The summed E-state index contributed by atoms with van der Waals surface area (Å²) in [5, 5.41) is 8.13. The molecule has 0 aromatic carbocycles. The van der Waals surface area contributed by atoms with Gasteiger partial charge in [-0.1, -0.05) is 0 Å². The van der Waals surface area contributed by atoms with E-state index in [4.69, 9.17) is 5.73 Å². The Balaban J connectivity index is 2.18. The lowest BCUT2D eigenvalue weighted by Crippen LogP contribution is -2.24. The fourth-order valence-corrected chi connectivity index (χ4v) is 3.53. The molecule has 2 aromatic heterocycles. The van der Waals surface area contributed by atoms with E-state index in [1.165, 1.54) is 11.3 Å². The molecule has 0 unspecified atom stereocenters. The van der Waals surface area contributed by atoms with Crippen molar-refractivity contribution in [1.29, 1.82) is 0 Å². The van der Waals surface area contributed by atoms with Crippen LogP contribution < -0.4 is 11.1 Å². The molecule has 2 aromatic rings. The highest BCUT2D eigenvalue weighted by atomic mass is 32.2. The number of hydrogen-bond donors (Lipinski definition) is 2. The van der Waals surface area contributed by atoms with E-state index in [1.54, 1.807) is 16.4 Å². The van der Waals surface area contributed by atoms with Crippen molar-refractivity contribution in [2.45, 2.75) is 13.3 Å². The summed E-state index contributed by atoms with van der Waals surface area (Å²) in [7, 11) is 1.87. The number of nitrogens with one attached hydrogen (secondary N) is 1. The van der Waals surface area contributed by atoms with Crippen LogP contribution in [0.3, 0.4) is 0 Å². The van der Waals surface area contributed by atoms with Crippen LogP contribution in [0, 0.1) is 6.92 Å². The van der Waals surface area contributed by atoms with Crippen LogP contribution >= 0.6 is 23.1 Å². The van der Waals surface area contributed by atoms with E-state index in [0.717, 1.165) is 28.1 Å². The summed E-state index contributed by atoms with van der Waals surface area (Å²) >= 11 is 3.18. The van der Waals surface area contributed by atoms with Crippen LogP contribution in [0.4, 0.5) is 5.69 Å². The number of thioether (sulfide) groups is 1. The van der Waals surface area contributed by atoms with Crippen LogP contribution in [0.1, 0.15) is 21.8 Å². The average Bonchev–Trinajstić information content (AvgIpc) is 2.85. The molecular weight excluding hydrogens is 280 g/mol. The molecule has 1 amide bonds. The van der Waals surface area contributed by atoms with Gasteiger partial charge in [-0.2, -0.15) is 16.9 Å². The highest BCUT2D eigenvalue weighted by Crippen LogP contribution is 2.35. The highest BCUT2D eigenvalue weighted by Gasteiger charge is 2.20. The molecule has 0 aliphatic heterocycles. The number of thiophene rings is 1. The SMILES string of the molecule is CSCCCNC(=O)c1sc2c(c(C)nn2C)c1N. The Morgan fingerprint density at radius 3 is 2.95 bits per heavy atom. The molecule has 104 valence electrons. The molecule has 0 saturated carbocycles. The van der Waals surface area contributed by atoms with Gasteiger partial charge in [0.15, 0.2) is 0 Å². The predicted octanol–water partition coefficient (Wildman–Crippen LogP) is 2.01. The number of nitrogen functional groups attached to an aromatic ring is 1. The van der Waals surface area contributed by atoms with E-state index in [9.17, 15) is 4.79 Å². The summed E-state index contributed by atoms with van der Waals surface area (Å²) in [5.41, 5.74) is 7.49. The lowest BCUT2D eigenvalue weighted by Gasteiger charge is -2.03. The van der Waals surface area contributed by atoms with Crippen LogP contribution in [0.5, 0.6) is 0 Å². The van der Waals surface area contributed by atoms with Crippen molar-refractivity contribution in [3.8, 4) is 0 Å². The number of aryl methyl sites for hydroxylation is 2. The summed E-state index contributed by atoms with van der Waals surface area (Å²) in [6, 6.07) is 0. The van der Waals surface area contributed by atoms with Crippen molar-refractivity contribution in [2.75, 3.05) is 24.3 Å². The summed E-state index contributed by atoms with van der Waals surface area (Å²) in [5.74, 6) is 0.963. The first-order chi connectivity index (χ1) is 9.06. The van der Waals surface area contributed by atoms with Gasteiger partial charge in [-0.25, -0.2) is 0 Å². The van der Waals surface area contributed by atoms with Gasteiger partial charge in [0, 0.05) is 13.6 Å². The normalized spacial score (nSPS) is 11.1. The zero-order valence-electron chi connectivity index (χ0n) is 11.3. The Bertz CT molecular complexity index is 602. The molecule has 0 saturated heterocycles. The van der Waals surface area contributed by atoms with Crippen molar-refractivity contribution in [2.24, 2.45) is 7.05 Å². The first kappa shape index (κ1) is 14.2. The first-order valence-corrected chi connectivity index (χ1v) is 8.26. The second kappa shape index (κ2) is 5.83. The smallest absolute Gasteiger partial charge is 0.263 e. The molecule has 0 aliphatic carbocycles. The number of nitrogens with two attached hydrogens (primary N) is 1. The van der Waals surface area contributed by atoms with Gasteiger partial charge in [-0.05, 0) is 25.4 Å². The number of fused-ring (bicyclic) bond motifs is 1. The van der Waals surface area contributed by atoms with E-state index in [2.05, 4.69) is 16.7 Å². The second-order valence-corrected chi connectivity index (χ2v) is 6.32. The maximum absolute atomic E-state index is 12.1. The van der Waals surface area contributed by atoms with Crippen molar-refractivity contribution >= 4 is 44.9 Å². The maximum atomic E-state index is 12.1. The monoisotopic (exact) mass is 298 g/mol. The van der Waals surface area contributed by atoms with Crippen LogP contribution in [-0.2, 0) is 7.05 Å². The second-order valence-electron chi connectivity index (χ2n) is 4.34. The number of nitrogens with zero attached hydrogens (tertiary/aromatic N) is 2. The average molecular weight is 298 g/mol. The topological polar surface area (TPSA) is 72.9 Å². The Morgan fingerprint density at radius 1 is 1.58 bits per heavy atom. The van der Waals surface area contributed by atoms with Gasteiger partial charge in [0.2, 0.25) is 0 Å². The van der Waals surface area contributed by atoms with Crippen LogP contribution in [-0.4, -0.2) is 34.2 Å². The lowest BCUT2D eigenvalue weighted by molar-refractivity contribution is 0.0958. The van der Waals surface area contributed by atoms with Gasteiger partial charge < -0.3 is 11.1 Å². The number of aromatic nitrogens is 2. The number of amides is 1. The Morgan fingerprint density at radius 2 is 2.32 bits per heavy atom. The quantitative estimate of drug-likeness (QED) is 0.828. The molecule has 0 fully saturated rings. The minimum atomic E-state index is -0.0841. The van der Waals surface area contributed by atoms with Crippen molar-refractivity contribution in [3.63, 3.8) is 0 Å². The minimum Gasteiger partial charge on any atom is -0.397 e. The van der Waals surface area contributed by atoms with E-state index in [0.29, 0.717) is 17.1 Å². The molecule has 3 N–H and O–H groups in total. The number of carbonyl (C=O) groups excluding carboxylic acids is 1. The Labute approximate surface area is 120 Å². The van der Waals surface area contributed by atoms with Crippen molar-refractivity contribution in [1.82, 2.24) is 15.1 Å². The summed E-state index contributed by atoms with van der Waals surface area (Å²) < 4.78 is 1.77. The molecule has 2 rings (SSSR count). The molecule has 0 spiro atoms. The molecule has 0 radical (unpaired) electrons. The molecular formula is C12H18N4OS2. The Kier molecular flexibility index (Phi) is 4.36. The molecule has 2 heterocycles. The van der Waals surface area contributed by atoms with E-state index < -0.39 is 0 Å². The molecule has 0 bridgehead atoms. The molecule has 0 atom stereocenters. The summed E-state index contributed by atoms with van der Waals surface area (Å²) in [6.45, 7) is 2.59. The van der Waals surface area contributed by atoms with Gasteiger partial charge in [-0.3, -0.25) is 9.48 Å². The molecule has 19 heavy (non-hydrogen) atoms. The molecule has 7 heteroatoms. The fraction of sp³-hybridized carbons (Fsp3) is 0.500. The molecule has 5 nitrogen and oxygen atoms in total. The third-order valence-corrected chi connectivity index (χ3v) is 4.87. The Hall–Kier alpha value is -1.21.